The number of nitrogens with zero attached hydrogens (tertiary/aromatic N) is 6. The van der Waals surface area contributed by atoms with Crippen molar-refractivity contribution in [3.05, 3.63) is 71.9 Å². The maximum absolute atomic E-state index is 13.8. The van der Waals surface area contributed by atoms with Crippen molar-refractivity contribution in [1.29, 1.82) is 0 Å². The van der Waals surface area contributed by atoms with Crippen molar-refractivity contribution in [3.63, 3.8) is 0 Å². The van der Waals surface area contributed by atoms with Crippen molar-refractivity contribution in [3.8, 4) is 28.5 Å². The van der Waals surface area contributed by atoms with Gasteiger partial charge in [-0.05, 0) is 36.5 Å². The second-order valence-corrected chi connectivity index (χ2v) is 10.5. The van der Waals surface area contributed by atoms with Gasteiger partial charge in [0.25, 0.3) is 5.92 Å². The van der Waals surface area contributed by atoms with Crippen LogP contribution in [0.15, 0.2) is 55.0 Å². The van der Waals surface area contributed by atoms with E-state index in [0.717, 1.165) is 48.0 Å². The number of anilines is 1. The average molecular weight is 517 g/mol. The smallest absolute Gasteiger partial charge is 0.288 e. The number of alkyl halides is 2. The fraction of sp³-hybridized carbons (Fsp3) is 0.379. The fourth-order valence-corrected chi connectivity index (χ4v) is 5.33. The Bertz CT molecular complexity index is 1490. The molecule has 2 aliphatic rings. The third-order valence-corrected chi connectivity index (χ3v) is 7.44. The molecule has 1 saturated carbocycles. The molecule has 1 fully saturated rings. The zero-order chi connectivity index (χ0) is 26.7. The molecule has 1 aromatic carbocycles. The first-order valence-electron chi connectivity index (χ1n) is 12.9. The van der Waals surface area contributed by atoms with E-state index < -0.39 is 5.92 Å². The number of hydrogen-bond donors (Lipinski definition) is 0. The SMILES string of the molecule is CC(C)c1ncccc1-c1ncc2c(n1)N(C1(c3ccc(-c4nc(C(C)(F)F)cn4C)cc3)CC1)CCO2. The van der Waals surface area contributed by atoms with E-state index in [4.69, 9.17) is 9.72 Å². The van der Waals surface area contributed by atoms with Gasteiger partial charge in [0.1, 0.15) is 18.1 Å². The highest BCUT2D eigenvalue weighted by Crippen LogP contribution is 2.54. The molecule has 0 amide bonds. The van der Waals surface area contributed by atoms with Gasteiger partial charge in [-0.25, -0.2) is 15.0 Å². The van der Waals surface area contributed by atoms with E-state index in [-0.39, 0.29) is 17.2 Å². The largest absolute Gasteiger partial charge is 0.486 e. The number of hydrogen-bond acceptors (Lipinski definition) is 6. The highest BCUT2D eigenvalue weighted by atomic mass is 19.3. The van der Waals surface area contributed by atoms with Gasteiger partial charge >= 0.3 is 0 Å². The standard InChI is InChI=1S/C29H30F2N6O/c1-18(2)24-21(6-5-13-32-24)25-33-16-22-27(35-25)37(14-15-38-22)29(11-12-29)20-9-7-19(8-10-20)26-34-23(17-36(26)4)28(3,30)31/h5-10,13,16-18H,11-12,14-15H2,1-4H3. The van der Waals surface area contributed by atoms with Crippen molar-refractivity contribution in [2.45, 2.75) is 51.0 Å². The maximum atomic E-state index is 13.8. The third-order valence-electron chi connectivity index (χ3n) is 7.44. The number of rotatable bonds is 6. The number of fused-ring (bicyclic) bond motifs is 1. The van der Waals surface area contributed by atoms with Crippen LogP contribution < -0.4 is 9.64 Å². The maximum Gasteiger partial charge on any atom is 0.288 e. The quantitative estimate of drug-likeness (QED) is 0.310. The summed E-state index contributed by atoms with van der Waals surface area (Å²) in [5, 5.41) is 0. The van der Waals surface area contributed by atoms with E-state index in [1.165, 1.54) is 6.20 Å². The van der Waals surface area contributed by atoms with Crippen LogP contribution in [0.25, 0.3) is 22.8 Å². The topological polar surface area (TPSA) is 69.0 Å². The molecular formula is C29H30F2N6O. The lowest BCUT2D eigenvalue weighted by molar-refractivity contribution is 0.0131. The molecule has 1 aliphatic heterocycles. The molecule has 9 heteroatoms. The Balaban J connectivity index is 1.34. The molecule has 0 bridgehead atoms. The molecule has 7 nitrogen and oxygen atoms in total. The summed E-state index contributed by atoms with van der Waals surface area (Å²) in [5.74, 6) is -0.112. The highest BCUT2D eigenvalue weighted by Gasteiger charge is 2.51. The summed E-state index contributed by atoms with van der Waals surface area (Å²) in [6.07, 6.45) is 6.94. The monoisotopic (exact) mass is 516 g/mol. The second-order valence-electron chi connectivity index (χ2n) is 10.5. The predicted molar refractivity (Wildman–Crippen MR) is 141 cm³/mol. The average Bonchev–Trinajstić information content (AvgIpc) is 3.62. The van der Waals surface area contributed by atoms with Gasteiger partial charge in [0.05, 0.1) is 24.0 Å². The van der Waals surface area contributed by atoms with Crippen molar-refractivity contribution in [2.24, 2.45) is 7.05 Å². The number of imidazole rings is 1. The Morgan fingerprint density at radius 2 is 1.82 bits per heavy atom. The minimum Gasteiger partial charge on any atom is -0.486 e. The molecule has 1 aliphatic carbocycles. The van der Waals surface area contributed by atoms with E-state index in [2.05, 4.69) is 45.8 Å². The van der Waals surface area contributed by atoms with E-state index in [1.54, 1.807) is 24.0 Å². The van der Waals surface area contributed by atoms with Gasteiger partial charge in [-0.3, -0.25) is 4.98 Å². The molecule has 0 atom stereocenters. The van der Waals surface area contributed by atoms with E-state index in [0.29, 0.717) is 30.5 Å². The lowest BCUT2D eigenvalue weighted by atomic mass is 10.00. The molecule has 4 aromatic rings. The van der Waals surface area contributed by atoms with Crippen LogP contribution in [0.4, 0.5) is 14.6 Å². The van der Waals surface area contributed by atoms with E-state index in [1.807, 2.05) is 24.3 Å². The summed E-state index contributed by atoms with van der Waals surface area (Å²) in [6, 6.07) is 12.0. The molecule has 38 heavy (non-hydrogen) atoms. The number of pyridine rings is 1. The third kappa shape index (κ3) is 4.10. The van der Waals surface area contributed by atoms with Gasteiger partial charge in [0, 0.05) is 37.5 Å². The van der Waals surface area contributed by atoms with Crippen LogP contribution in [0, 0.1) is 0 Å². The molecule has 3 aromatic heterocycles. The fourth-order valence-electron chi connectivity index (χ4n) is 5.33. The lowest BCUT2D eigenvalue weighted by Gasteiger charge is -2.37. The zero-order valence-corrected chi connectivity index (χ0v) is 21.9. The number of aryl methyl sites for hydroxylation is 1. The summed E-state index contributed by atoms with van der Waals surface area (Å²) < 4.78 is 35.2. The minimum atomic E-state index is -2.98. The van der Waals surface area contributed by atoms with Gasteiger partial charge in [-0.2, -0.15) is 8.78 Å². The minimum absolute atomic E-state index is 0.193. The Labute approximate surface area is 220 Å². The normalized spacial score (nSPS) is 16.3. The van der Waals surface area contributed by atoms with Crippen LogP contribution in [0.3, 0.4) is 0 Å². The Morgan fingerprint density at radius 3 is 2.47 bits per heavy atom. The molecule has 0 saturated heterocycles. The summed E-state index contributed by atoms with van der Waals surface area (Å²) in [7, 11) is 1.74. The predicted octanol–water partition coefficient (Wildman–Crippen LogP) is 6.06. The number of aromatic nitrogens is 5. The summed E-state index contributed by atoms with van der Waals surface area (Å²) in [4.78, 5) is 20.7. The summed E-state index contributed by atoms with van der Waals surface area (Å²) in [6.45, 7) is 6.36. The molecule has 0 spiro atoms. The lowest BCUT2D eigenvalue weighted by Crippen LogP contribution is -2.42. The number of halogens is 2. The first-order chi connectivity index (χ1) is 18.2. The second kappa shape index (κ2) is 8.85. The van der Waals surface area contributed by atoms with Crippen LogP contribution >= 0.6 is 0 Å². The first-order valence-corrected chi connectivity index (χ1v) is 12.9. The van der Waals surface area contributed by atoms with Crippen LogP contribution in [-0.4, -0.2) is 37.7 Å². The molecule has 196 valence electrons. The van der Waals surface area contributed by atoms with Gasteiger partial charge in [0.15, 0.2) is 17.4 Å². The molecule has 6 rings (SSSR count). The molecule has 0 N–H and O–H groups in total. The Kier molecular flexibility index (Phi) is 5.70. The van der Waals surface area contributed by atoms with Gasteiger partial charge in [-0.15, -0.1) is 0 Å². The van der Waals surface area contributed by atoms with Crippen LogP contribution in [0.2, 0.25) is 0 Å². The van der Waals surface area contributed by atoms with Crippen LogP contribution in [0.5, 0.6) is 5.75 Å². The summed E-state index contributed by atoms with van der Waals surface area (Å²) >= 11 is 0. The number of ether oxygens (including phenoxy) is 1. The first kappa shape index (κ1) is 24.5. The van der Waals surface area contributed by atoms with Crippen molar-refractivity contribution < 1.29 is 13.5 Å². The van der Waals surface area contributed by atoms with Crippen LogP contribution in [-0.2, 0) is 18.5 Å². The van der Waals surface area contributed by atoms with Gasteiger partial charge in [-0.1, -0.05) is 38.1 Å². The van der Waals surface area contributed by atoms with Crippen LogP contribution in [0.1, 0.15) is 56.5 Å². The zero-order valence-electron chi connectivity index (χ0n) is 21.9. The van der Waals surface area contributed by atoms with Crippen molar-refractivity contribution in [1.82, 2.24) is 24.5 Å². The van der Waals surface area contributed by atoms with Crippen molar-refractivity contribution >= 4 is 5.82 Å². The van der Waals surface area contributed by atoms with Gasteiger partial charge < -0.3 is 14.2 Å². The number of benzene rings is 1. The molecule has 0 radical (unpaired) electrons. The summed E-state index contributed by atoms with van der Waals surface area (Å²) in [5.41, 5.74) is 3.43. The highest BCUT2D eigenvalue weighted by molar-refractivity contribution is 5.66. The van der Waals surface area contributed by atoms with Gasteiger partial charge in [0.2, 0.25) is 0 Å². The Morgan fingerprint density at radius 1 is 1.05 bits per heavy atom. The molecule has 0 unspecified atom stereocenters. The molecular weight excluding hydrogens is 486 g/mol. The van der Waals surface area contributed by atoms with E-state index in [9.17, 15) is 8.78 Å². The molecule has 4 heterocycles. The Hall–Kier alpha value is -3.88. The van der Waals surface area contributed by atoms with E-state index >= 15 is 0 Å². The van der Waals surface area contributed by atoms with Crippen molar-refractivity contribution in [2.75, 3.05) is 18.1 Å².